The maximum absolute atomic E-state index is 12.8. The van der Waals surface area contributed by atoms with Gasteiger partial charge in [-0.05, 0) is 126 Å². The second kappa shape index (κ2) is 19.9. The molecule has 1 aromatic heterocycles. The Hall–Kier alpha value is -2.75. The van der Waals surface area contributed by atoms with Crippen LogP contribution in [-0.4, -0.2) is 54.8 Å². The summed E-state index contributed by atoms with van der Waals surface area (Å²) in [7, 11) is 0. The number of halogens is 2. The molecule has 3 heterocycles. The number of aromatic nitrogens is 1. The second-order valence-electron chi connectivity index (χ2n) is 11.7. The van der Waals surface area contributed by atoms with Gasteiger partial charge in [0.1, 0.15) is 0 Å². The first-order valence-electron chi connectivity index (χ1n) is 16.6. The van der Waals surface area contributed by atoms with Gasteiger partial charge in [0.25, 0.3) is 0 Å². The summed E-state index contributed by atoms with van der Waals surface area (Å²) < 4.78 is 5.83. The lowest BCUT2D eigenvalue weighted by Crippen LogP contribution is -2.21. The van der Waals surface area contributed by atoms with Crippen molar-refractivity contribution in [3.63, 3.8) is 0 Å². The Balaban J connectivity index is 0.000000335. The number of hydrogen-bond donors (Lipinski definition) is 3. The summed E-state index contributed by atoms with van der Waals surface area (Å²) >= 11 is 13.9. The first kappa shape index (κ1) is 38.7. The fourth-order valence-corrected chi connectivity index (χ4v) is 6.83. The van der Waals surface area contributed by atoms with Gasteiger partial charge in [0.2, 0.25) is 6.41 Å². The number of aromatic amines is 1. The minimum absolute atomic E-state index is 0.0584. The van der Waals surface area contributed by atoms with Gasteiger partial charge in [0, 0.05) is 67.3 Å². The molecule has 0 saturated carbocycles. The third-order valence-electron chi connectivity index (χ3n) is 8.38. The van der Waals surface area contributed by atoms with Crippen LogP contribution in [0.2, 0.25) is 10.0 Å². The molecule has 1 amide bonds. The number of H-pyrrole nitrogens is 1. The number of Topliss-reactive ketones (excluding diaryl/α,β-unsaturated/α-hetero) is 1. The highest BCUT2D eigenvalue weighted by molar-refractivity contribution is 7.94. The quantitative estimate of drug-likeness (QED) is 0.0756. The van der Waals surface area contributed by atoms with E-state index in [9.17, 15) is 9.59 Å². The van der Waals surface area contributed by atoms with Crippen molar-refractivity contribution in [1.29, 1.82) is 0 Å². The van der Waals surface area contributed by atoms with Crippen molar-refractivity contribution in [1.82, 2.24) is 15.2 Å². The molecule has 0 atom stereocenters. The standard InChI is InChI=1S/C25H24Cl2N2O2S.C10H20N2O.C2H6/c1-13-7-21(26)20(22(27)8-13)12-31-32-17-5-6-23-18(9-17)19(25(30)11-28-23)10-24-15(3)14(2)16(4)29-24;13-10-11-6-2-1-3-7-12-8-4-5-9-12;1-2/h5-10,28-29H,11-12H2,1-4H3;10H,1-9H2,(H,11,13);1-2H3/b19-10-;;. The third kappa shape index (κ3) is 11.4. The Morgan fingerprint density at radius 2 is 1.68 bits per heavy atom. The van der Waals surface area contributed by atoms with Crippen LogP contribution in [0.3, 0.4) is 0 Å². The molecule has 256 valence electrons. The molecule has 2 aliphatic heterocycles. The maximum Gasteiger partial charge on any atom is 0.207 e. The van der Waals surface area contributed by atoms with Crippen molar-refractivity contribution in [3.05, 3.63) is 79.6 Å². The van der Waals surface area contributed by atoms with Crippen LogP contribution < -0.4 is 10.6 Å². The molecule has 7 nitrogen and oxygen atoms in total. The molecule has 47 heavy (non-hydrogen) atoms. The van der Waals surface area contributed by atoms with Gasteiger partial charge in [-0.15, -0.1) is 0 Å². The molecular formula is C37H50Cl2N4O3S. The van der Waals surface area contributed by atoms with E-state index in [4.69, 9.17) is 27.4 Å². The molecule has 3 N–H and O–H groups in total. The smallest absolute Gasteiger partial charge is 0.207 e. The van der Waals surface area contributed by atoms with Crippen molar-refractivity contribution in [2.75, 3.05) is 38.0 Å². The number of likely N-dealkylation sites (tertiary alicyclic amines) is 1. The van der Waals surface area contributed by atoms with Gasteiger partial charge in [-0.2, -0.15) is 0 Å². The van der Waals surface area contributed by atoms with Gasteiger partial charge in [-0.25, -0.2) is 0 Å². The first-order chi connectivity index (χ1) is 22.7. The van der Waals surface area contributed by atoms with Gasteiger partial charge in [0.15, 0.2) is 5.78 Å². The molecule has 0 spiro atoms. The molecule has 5 rings (SSSR count). The van der Waals surface area contributed by atoms with Gasteiger partial charge in [-0.1, -0.05) is 43.5 Å². The summed E-state index contributed by atoms with van der Waals surface area (Å²) in [5.41, 5.74) is 8.70. The monoisotopic (exact) mass is 700 g/mol. The highest BCUT2D eigenvalue weighted by atomic mass is 35.5. The first-order valence-corrected chi connectivity index (χ1v) is 18.1. The van der Waals surface area contributed by atoms with Crippen LogP contribution in [0.4, 0.5) is 5.69 Å². The largest absolute Gasteiger partial charge is 0.377 e. The number of nitrogens with zero attached hydrogens (tertiary/aromatic N) is 1. The molecular weight excluding hydrogens is 651 g/mol. The van der Waals surface area contributed by atoms with Crippen LogP contribution in [0, 0.1) is 27.7 Å². The van der Waals surface area contributed by atoms with Crippen molar-refractivity contribution < 1.29 is 13.8 Å². The number of amides is 1. The number of rotatable bonds is 12. The Morgan fingerprint density at radius 3 is 2.32 bits per heavy atom. The summed E-state index contributed by atoms with van der Waals surface area (Å²) in [6.45, 7) is 17.4. The fourth-order valence-electron chi connectivity index (χ4n) is 5.52. The normalized spacial score (nSPS) is 14.9. The van der Waals surface area contributed by atoms with E-state index in [1.807, 2.05) is 64.1 Å². The zero-order chi connectivity index (χ0) is 34.3. The Morgan fingerprint density at radius 1 is 0.979 bits per heavy atom. The lowest BCUT2D eigenvalue weighted by Gasteiger charge is -2.21. The van der Waals surface area contributed by atoms with Crippen LogP contribution >= 0.6 is 35.2 Å². The van der Waals surface area contributed by atoms with Crippen LogP contribution in [0.1, 0.15) is 85.2 Å². The van der Waals surface area contributed by atoms with Gasteiger partial charge in [0.05, 0.1) is 13.2 Å². The lowest BCUT2D eigenvalue weighted by molar-refractivity contribution is -0.112. The predicted molar refractivity (Wildman–Crippen MR) is 200 cm³/mol. The number of carbonyl (C=O) groups is 2. The number of fused-ring (bicyclic) bond motifs is 1. The number of unbranched alkanes of at least 4 members (excludes halogenated alkanes) is 2. The van der Waals surface area contributed by atoms with Crippen LogP contribution in [0.15, 0.2) is 35.2 Å². The number of nitrogens with one attached hydrogen (secondary N) is 3. The van der Waals surface area contributed by atoms with E-state index >= 15 is 0 Å². The van der Waals surface area contributed by atoms with Crippen molar-refractivity contribution in [2.45, 2.75) is 85.1 Å². The van der Waals surface area contributed by atoms with E-state index < -0.39 is 0 Å². The topological polar surface area (TPSA) is 86.5 Å². The fraction of sp³-hybridized carbons (Fsp3) is 0.459. The summed E-state index contributed by atoms with van der Waals surface area (Å²) in [6.07, 6.45) is 9.13. The van der Waals surface area contributed by atoms with Crippen molar-refractivity contribution in [3.8, 4) is 0 Å². The van der Waals surface area contributed by atoms with Gasteiger partial charge < -0.3 is 24.7 Å². The summed E-state index contributed by atoms with van der Waals surface area (Å²) in [6, 6.07) is 9.67. The summed E-state index contributed by atoms with van der Waals surface area (Å²) in [4.78, 5) is 29.5. The number of benzene rings is 2. The van der Waals surface area contributed by atoms with Crippen LogP contribution in [-0.2, 0) is 20.4 Å². The van der Waals surface area contributed by atoms with Crippen molar-refractivity contribution in [2.24, 2.45) is 0 Å². The predicted octanol–water partition coefficient (Wildman–Crippen LogP) is 9.34. The molecule has 3 aromatic rings. The molecule has 0 bridgehead atoms. The number of hydrogen-bond acceptors (Lipinski definition) is 6. The van der Waals surface area contributed by atoms with Crippen LogP contribution in [0.5, 0.6) is 0 Å². The average Bonchev–Trinajstić information content (AvgIpc) is 3.66. The molecule has 1 saturated heterocycles. The zero-order valence-corrected chi connectivity index (χ0v) is 31.0. The Labute approximate surface area is 295 Å². The molecule has 10 heteroatoms. The zero-order valence-electron chi connectivity index (χ0n) is 28.7. The lowest BCUT2D eigenvalue weighted by atomic mass is 9.94. The molecule has 2 aliphatic rings. The van der Waals surface area contributed by atoms with E-state index in [2.05, 4.69) is 34.4 Å². The average molecular weight is 702 g/mol. The molecule has 0 radical (unpaired) electrons. The molecule has 0 unspecified atom stereocenters. The number of carbonyl (C=O) groups excluding carboxylic acids is 2. The van der Waals surface area contributed by atoms with E-state index in [0.29, 0.717) is 15.6 Å². The summed E-state index contributed by atoms with van der Waals surface area (Å²) in [5.74, 6) is 0.0584. The highest BCUT2D eigenvalue weighted by Crippen LogP contribution is 2.36. The summed E-state index contributed by atoms with van der Waals surface area (Å²) in [5, 5.41) is 7.07. The van der Waals surface area contributed by atoms with Crippen LogP contribution in [0.25, 0.3) is 11.6 Å². The third-order valence-corrected chi connectivity index (χ3v) is 9.74. The SMILES string of the molecule is CC.Cc1cc(Cl)c(COSc2ccc3c(c2)/C(=C/c2[nH]c(C)c(C)c2C)C(=O)CN3)c(Cl)c1.O=CNCCCCCN1CCCC1. The molecule has 0 aliphatic carbocycles. The molecule has 1 fully saturated rings. The minimum atomic E-state index is 0.0584. The minimum Gasteiger partial charge on any atom is -0.377 e. The van der Waals surface area contributed by atoms with E-state index in [1.165, 1.54) is 62.9 Å². The number of aryl methyl sites for hydroxylation is 2. The van der Waals surface area contributed by atoms with Gasteiger partial charge in [-0.3, -0.25) is 9.59 Å². The number of anilines is 1. The highest BCUT2D eigenvalue weighted by Gasteiger charge is 2.23. The van der Waals surface area contributed by atoms with E-state index in [1.54, 1.807) is 0 Å². The molecule has 2 aromatic carbocycles. The van der Waals surface area contributed by atoms with E-state index in [-0.39, 0.29) is 18.9 Å². The number of ketones is 1. The van der Waals surface area contributed by atoms with E-state index in [0.717, 1.165) is 63.6 Å². The Bertz CT molecular complexity index is 1490. The van der Waals surface area contributed by atoms with Gasteiger partial charge >= 0.3 is 0 Å². The maximum atomic E-state index is 12.8. The van der Waals surface area contributed by atoms with Crippen molar-refractivity contribution >= 4 is 64.8 Å². The Kier molecular flexibility index (Phi) is 16.4. The second-order valence-corrected chi connectivity index (χ2v) is 13.4.